The summed E-state index contributed by atoms with van der Waals surface area (Å²) >= 11 is 0. The van der Waals surface area contributed by atoms with E-state index in [1.807, 2.05) is 0 Å². The summed E-state index contributed by atoms with van der Waals surface area (Å²) < 4.78 is 32.9. The van der Waals surface area contributed by atoms with E-state index >= 15 is 0 Å². The molecule has 0 fully saturated rings. The molecule has 0 aliphatic rings. The topological polar surface area (TPSA) is 102 Å². The monoisotopic (exact) mass is 314 g/mol. The molecule has 1 unspecified atom stereocenters. The number of nitrogens with zero attached hydrogens (tertiary/aromatic N) is 1. The number of benzene rings is 1. The number of rotatable bonds is 5. The first kappa shape index (κ1) is 15.7. The first-order valence-corrected chi connectivity index (χ1v) is 7.98. The Morgan fingerprint density at radius 2 is 2.05 bits per heavy atom. The zero-order valence-corrected chi connectivity index (χ0v) is 12.8. The first-order valence-electron chi connectivity index (χ1n) is 6.49. The van der Waals surface area contributed by atoms with E-state index in [1.54, 1.807) is 20.9 Å². The number of sulfonamides is 1. The van der Waals surface area contributed by atoms with Crippen LogP contribution in [-0.4, -0.2) is 30.7 Å². The summed E-state index contributed by atoms with van der Waals surface area (Å²) in [6, 6.07) is 4.19. The van der Waals surface area contributed by atoms with Gasteiger partial charge in [-0.1, -0.05) is 13.8 Å². The second-order valence-corrected chi connectivity index (χ2v) is 6.99. The Balaban J connectivity index is 2.30. The minimum absolute atomic E-state index is 0.0136. The van der Waals surface area contributed by atoms with Gasteiger partial charge in [0.05, 0.1) is 16.5 Å². The van der Waals surface area contributed by atoms with Gasteiger partial charge in [-0.05, 0) is 18.1 Å². The first-order chi connectivity index (χ1) is 9.72. The summed E-state index contributed by atoms with van der Waals surface area (Å²) in [6.07, 6.45) is -0.766. The van der Waals surface area contributed by atoms with Crippen molar-refractivity contribution in [2.24, 2.45) is 13.0 Å². The van der Waals surface area contributed by atoms with Crippen LogP contribution in [0.4, 0.5) is 0 Å². The Labute approximate surface area is 122 Å². The lowest BCUT2D eigenvalue weighted by Gasteiger charge is -2.15. The van der Waals surface area contributed by atoms with Gasteiger partial charge in [0.2, 0.25) is 10.0 Å². The molecule has 0 aliphatic carbocycles. The molecule has 21 heavy (non-hydrogen) atoms. The fraction of sp³-hybridized carbons (Fsp3) is 0.462. The van der Waals surface area contributed by atoms with Gasteiger partial charge in [0.15, 0.2) is 5.58 Å². The van der Waals surface area contributed by atoms with Crippen molar-refractivity contribution in [3.05, 3.63) is 28.7 Å². The second-order valence-electron chi connectivity index (χ2n) is 5.22. The van der Waals surface area contributed by atoms with Gasteiger partial charge in [-0.15, -0.1) is 0 Å². The van der Waals surface area contributed by atoms with Gasteiger partial charge in [0.25, 0.3) is 0 Å². The van der Waals surface area contributed by atoms with E-state index < -0.39 is 21.9 Å². The summed E-state index contributed by atoms with van der Waals surface area (Å²) in [5.41, 5.74) is 0.718. The third-order valence-electron chi connectivity index (χ3n) is 3.33. The van der Waals surface area contributed by atoms with Crippen LogP contribution in [0.3, 0.4) is 0 Å². The van der Waals surface area contributed by atoms with Crippen LogP contribution in [0.25, 0.3) is 11.1 Å². The highest BCUT2D eigenvalue weighted by Gasteiger charge is 2.19. The molecule has 8 heteroatoms. The molecule has 116 valence electrons. The zero-order chi connectivity index (χ0) is 15.8. The fourth-order valence-electron chi connectivity index (χ4n) is 1.80. The molecule has 2 N–H and O–H groups in total. The van der Waals surface area contributed by atoms with E-state index in [-0.39, 0.29) is 22.9 Å². The molecule has 0 radical (unpaired) electrons. The lowest BCUT2D eigenvalue weighted by molar-refractivity contribution is 0.129. The van der Waals surface area contributed by atoms with Gasteiger partial charge in [0.1, 0.15) is 0 Å². The van der Waals surface area contributed by atoms with E-state index in [4.69, 9.17) is 4.42 Å². The van der Waals surface area contributed by atoms with Crippen LogP contribution in [-0.2, 0) is 17.1 Å². The third-order valence-corrected chi connectivity index (χ3v) is 4.75. The summed E-state index contributed by atoms with van der Waals surface area (Å²) in [5.74, 6) is -0.606. The number of aliphatic hydroxyl groups is 1. The van der Waals surface area contributed by atoms with Gasteiger partial charge < -0.3 is 9.52 Å². The molecule has 2 aromatic rings. The highest BCUT2D eigenvalue weighted by molar-refractivity contribution is 7.89. The fourth-order valence-corrected chi connectivity index (χ4v) is 2.86. The number of aromatic nitrogens is 1. The number of oxazole rings is 1. The molecule has 0 spiro atoms. The van der Waals surface area contributed by atoms with Crippen LogP contribution in [0.5, 0.6) is 0 Å². The Morgan fingerprint density at radius 1 is 1.38 bits per heavy atom. The standard InChI is InChI=1S/C13H18N2O5S/c1-8(2)11(16)7-14-21(18,19)9-4-5-10-12(6-9)20-13(17)15(10)3/h4-6,8,11,14,16H,7H2,1-3H3. The number of fused-ring (bicyclic) bond motifs is 1. The molecule has 1 aromatic carbocycles. The van der Waals surface area contributed by atoms with Crippen LogP contribution in [0, 0.1) is 5.92 Å². The van der Waals surface area contributed by atoms with Crippen molar-refractivity contribution in [3.63, 3.8) is 0 Å². The van der Waals surface area contributed by atoms with Crippen molar-refractivity contribution in [1.29, 1.82) is 0 Å². The average Bonchev–Trinajstić information content (AvgIpc) is 2.71. The molecule has 1 atom stereocenters. The Morgan fingerprint density at radius 3 is 2.67 bits per heavy atom. The van der Waals surface area contributed by atoms with Crippen molar-refractivity contribution >= 4 is 21.1 Å². The molecule has 0 saturated carbocycles. The van der Waals surface area contributed by atoms with Crippen molar-refractivity contribution in [3.8, 4) is 0 Å². The summed E-state index contributed by atoms with van der Waals surface area (Å²) in [5, 5.41) is 9.66. The van der Waals surface area contributed by atoms with E-state index in [0.29, 0.717) is 5.52 Å². The maximum atomic E-state index is 12.1. The molecular formula is C13H18N2O5S. The number of nitrogens with one attached hydrogen (secondary N) is 1. The SMILES string of the molecule is CC(C)C(O)CNS(=O)(=O)c1ccc2c(c1)oc(=O)n2C. The Kier molecular flexibility index (Phi) is 4.22. The number of hydrogen-bond donors (Lipinski definition) is 2. The van der Waals surface area contributed by atoms with Gasteiger partial charge in [-0.2, -0.15) is 0 Å². The quantitative estimate of drug-likeness (QED) is 0.833. The maximum absolute atomic E-state index is 12.1. The number of aryl methyl sites for hydroxylation is 1. The predicted octanol–water partition coefficient (Wildman–Crippen LogP) is 0.427. The van der Waals surface area contributed by atoms with Crippen LogP contribution in [0.1, 0.15) is 13.8 Å². The van der Waals surface area contributed by atoms with E-state index in [9.17, 15) is 18.3 Å². The number of hydrogen-bond acceptors (Lipinski definition) is 5. The highest BCUT2D eigenvalue weighted by Crippen LogP contribution is 2.18. The zero-order valence-electron chi connectivity index (χ0n) is 12.0. The lowest BCUT2D eigenvalue weighted by atomic mass is 10.1. The van der Waals surface area contributed by atoms with Gasteiger partial charge in [-0.3, -0.25) is 4.57 Å². The van der Waals surface area contributed by atoms with Gasteiger partial charge in [-0.25, -0.2) is 17.9 Å². The lowest BCUT2D eigenvalue weighted by Crippen LogP contribution is -2.34. The van der Waals surface area contributed by atoms with Gasteiger partial charge >= 0.3 is 5.76 Å². The third kappa shape index (κ3) is 3.17. The molecule has 0 saturated heterocycles. The Bertz CT molecular complexity index is 804. The molecule has 0 aliphatic heterocycles. The van der Waals surface area contributed by atoms with Crippen LogP contribution < -0.4 is 10.5 Å². The molecule has 0 bridgehead atoms. The van der Waals surface area contributed by atoms with E-state index in [2.05, 4.69) is 4.72 Å². The summed E-state index contributed by atoms with van der Waals surface area (Å²) in [6.45, 7) is 3.52. The van der Waals surface area contributed by atoms with Crippen LogP contribution in [0.2, 0.25) is 0 Å². The molecule has 1 heterocycles. The molecule has 2 rings (SSSR count). The predicted molar refractivity (Wildman–Crippen MR) is 77.5 cm³/mol. The molecule has 1 aromatic heterocycles. The van der Waals surface area contributed by atoms with Gasteiger partial charge in [0, 0.05) is 19.7 Å². The number of aliphatic hydroxyl groups excluding tert-OH is 1. The Hall–Kier alpha value is -1.64. The molecular weight excluding hydrogens is 296 g/mol. The highest BCUT2D eigenvalue weighted by atomic mass is 32.2. The molecule has 0 amide bonds. The van der Waals surface area contributed by atoms with Crippen molar-refractivity contribution in [1.82, 2.24) is 9.29 Å². The van der Waals surface area contributed by atoms with Crippen LogP contribution in [0.15, 0.2) is 32.3 Å². The molecule has 7 nitrogen and oxygen atoms in total. The average molecular weight is 314 g/mol. The van der Waals surface area contributed by atoms with Crippen molar-refractivity contribution in [2.45, 2.75) is 24.8 Å². The van der Waals surface area contributed by atoms with E-state index in [0.717, 1.165) is 0 Å². The second kappa shape index (κ2) is 5.63. The summed E-state index contributed by atoms with van der Waals surface area (Å²) in [4.78, 5) is 11.4. The van der Waals surface area contributed by atoms with Crippen molar-refractivity contribution < 1.29 is 17.9 Å². The minimum atomic E-state index is -3.77. The smallest absolute Gasteiger partial charge is 0.408 e. The summed E-state index contributed by atoms with van der Waals surface area (Å²) in [7, 11) is -2.22. The van der Waals surface area contributed by atoms with Crippen molar-refractivity contribution in [2.75, 3.05) is 6.54 Å². The minimum Gasteiger partial charge on any atom is -0.408 e. The normalized spacial score (nSPS) is 14.0. The van der Waals surface area contributed by atoms with Crippen LogP contribution >= 0.6 is 0 Å². The van der Waals surface area contributed by atoms with E-state index in [1.165, 1.54) is 22.8 Å². The maximum Gasteiger partial charge on any atom is 0.419 e. The largest absolute Gasteiger partial charge is 0.419 e.